The number of esters is 1. The molecular formula is C61H93N3O13S4. The van der Waals surface area contributed by atoms with Crippen LogP contribution in [0.3, 0.4) is 0 Å². The number of nitrogens with one attached hydrogen (secondary N) is 3. The first-order valence-electron chi connectivity index (χ1n) is 30.8. The van der Waals surface area contributed by atoms with Crippen LogP contribution in [-0.4, -0.2) is 170 Å². The van der Waals surface area contributed by atoms with Crippen molar-refractivity contribution < 1.29 is 63.9 Å². The lowest BCUT2D eigenvalue weighted by Crippen LogP contribution is -2.86. The number of furan rings is 1. The van der Waals surface area contributed by atoms with E-state index in [1.165, 1.54) is 0 Å². The molecule has 454 valence electrons. The molecule has 0 amide bonds. The van der Waals surface area contributed by atoms with Crippen molar-refractivity contribution in [2.75, 3.05) is 70.8 Å². The Labute approximate surface area is 495 Å². The van der Waals surface area contributed by atoms with E-state index in [-0.39, 0.29) is 85.4 Å². The normalized spacial score (nSPS) is 44.5. The van der Waals surface area contributed by atoms with Crippen LogP contribution in [0.1, 0.15) is 122 Å². The number of fused-ring (bicyclic) bond motifs is 16. The van der Waals surface area contributed by atoms with Crippen molar-refractivity contribution in [3.63, 3.8) is 0 Å². The van der Waals surface area contributed by atoms with Gasteiger partial charge in [0.2, 0.25) is 12.0 Å². The third-order valence-electron chi connectivity index (χ3n) is 22.1. The molecule has 4 saturated carbocycles. The number of ether oxygens (including phenoxy) is 4. The van der Waals surface area contributed by atoms with Crippen LogP contribution in [0.4, 0.5) is 0 Å². The minimum Gasteiger partial charge on any atom is -0.485 e. The Morgan fingerprint density at radius 2 is 1.72 bits per heavy atom. The minimum atomic E-state index is -2.51. The molecule has 5 heterocycles. The van der Waals surface area contributed by atoms with Gasteiger partial charge in [0.15, 0.2) is 16.9 Å². The highest BCUT2D eigenvalue weighted by Gasteiger charge is 2.78. The Bertz CT molecular complexity index is 2530. The highest BCUT2D eigenvalue weighted by molar-refractivity contribution is 8.77. The van der Waals surface area contributed by atoms with Crippen LogP contribution < -0.4 is 25.4 Å². The number of rotatable bonds is 12. The Morgan fingerprint density at radius 3 is 2.51 bits per heavy atom. The molecule has 3 saturated heterocycles. The predicted octanol–water partition coefficient (Wildman–Crippen LogP) is 7.02. The Balaban J connectivity index is 1.12. The Morgan fingerprint density at radius 1 is 0.914 bits per heavy atom. The van der Waals surface area contributed by atoms with Gasteiger partial charge in [-0.25, -0.2) is 0 Å². The molecule has 1 aromatic heterocycles. The molecule has 81 heavy (non-hydrogen) atoms. The zero-order valence-electron chi connectivity index (χ0n) is 48.1. The molecule has 2 aromatic rings. The SMILES string of the molecule is CCOC(=O)CCc1cc2ccoc2c2c1OC1OC3(CSSC45CC(CSSCC(CCC3O)C(C)CCC4NCCO2)C2(CCC(CNC)C2)C5CCC2(O)CCCC(CNC)C2)C2(O)CC3C=CC(O)C(CO)C3C1(O)C2O. The second kappa shape index (κ2) is 25.0. The van der Waals surface area contributed by atoms with Crippen LogP contribution in [0.15, 0.2) is 35.0 Å². The first kappa shape index (κ1) is 61.2. The van der Waals surface area contributed by atoms with Gasteiger partial charge < -0.3 is 75.1 Å². The summed E-state index contributed by atoms with van der Waals surface area (Å²) in [4.78, 5) is 13.2. The maximum absolute atomic E-state index is 14.0. The third kappa shape index (κ3) is 11.0. The molecule has 4 aliphatic heterocycles. The summed E-state index contributed by atoms with van der Waals surface area (Å²) in [5.74, 6) is 0.880. The highest BCUT2D eigenvalue weighted by Crippen LogP contribution is 2.72. The molecule has 20 atom stereocenters. The summed E-state index contributed by atoms with van der Waals surface area (Å²) >= 11 is 0. The van der Waals surface area contributed by atoms with Gasteiger partial charge in [-0.2, -0.15) is 0 Å². The van der Waals surface area contributed by atoms with Gasteiger partial charge >= 0.3 is 5.97 Å². The van der Waals surface area contributed by atoms with Gasteiger partial charge in [0.25, 0.3) is 0 Å². The number of aliphatic hydroxyl groups excluding tert-OH is 4. The molecule has 9 aliphatic rings. The molecule has 3 spiro atoms. The largest absolute Gasteiger partial charge is 0.485 e. The summed E-state index contributed by atoms with van der Waals surface area (Å²) in [6, 6.07) is 3.64. The van der Waals surface area contributed by atoms with Gasteiger partial charge in [-0.1, -0.05) is 68.7 Å². The van der Waals surface area contributed by atoms with Crippen LogP contribution in [-0.2, 0) is 20.7 Å². The Hall–Kier alpha value is -1.47. The monoisotopic (exact) mass is 1200 g/mol. The van der Waals surface area contributed by atoms with Crippen LogP contribution in [0.5, 0.6) is 11.5 Å². The van der Waals surface area contributed by atoms with Crippen LogP contribution in [0.2, 0.25) is 0 Å². The van der Waals surface area contributed by atoms with Gasteiger partial charge in [-0.3, -0.25) is 4.79 Å². The van der Waals surface area contributed by atoms with Crippen molar-refractivity contribution in [3.05, 3.63) is 36.1 Å². The zero-order valence-corrected chi connectivity index (χ0v) is 51.3. The van der Waals surface area contributed by atoms with E-state index in [1.54, 1.807) is 36.1 Å². The topological polar surface area (TPSA) is 245 Å². The van der Waals surface area contributed by atoms with E-state index in [9.17, 15) is 40.5 Å². The lowest BCUT2D eigenvalue weighted by molar-refractivity contribution is -0.424. The molecule has 11 rings (SSSR count). The summed E-state index contributed by atoms with van der Waals surface area (Å²) in [6.07, 6.45) is 10.6. The molecule has 0 radical (unpaired) electrons. The fraction of sp³-hybridized carbons (Fsp3) is 0.820. The minimum absolute atomic E-state index is 0.00632. The maximum atomic E-state index is 14.0. The molecule has 8 bridgehead atoms. The molecule has 16 nitrogen and oxygen atoms in total. The van der Waals surface area contributed by atoms with E-state index in [0.29, 0.717) is 53.7 Å². The van der Waals surface area contributed by atoms with Crippen molar-refractivity contribution in [2.24, 2.45) is 58.7 Å². The molecule has 10 N–H and O–H groups in total. The molecule has 1 aromatic carbocycles. The van der Waals surface area contributed by atoms with E-state index in [2.05, 4.69) is 29.9 Å². The van der Waals surface area contributed by atoms with Gasteiger partial charge in [0.1, 0.15) is 23.9 Å². The molecule has 5 aliphatic carbocycles. The fourth-order valence-electron chi connectivity index (χ4n) is 18.1. The van der Waals surface area contributed by atoms with Crippen molar-refractivity contribution in [3.8, 4) is 11.5 Å². The average Bonchev–Trinajstić information content (AvgIpc) is 1.59. The number of allylic oxidation sites excluding steroid dienone is 1. The van der Waals surface area contributed by atoms with E-state index in [1.807, 2.05) is 51.6 Å². The van der Waals surface area contributed by atoms with Gasteiger partial charge in [0.05, 0.1) is 30.7 Å². The van der Waals surface area contributed by atoms with E-state index in [0.717, 1.165) is 95.2 Å². The summed E-state index contributed by atoms with van der Waals surface area (Å²) in [7, 11) is 11.5. The molecular weight excluding hydrogens is 1110 g/mol. The average molecular weight is 1200 g/mol. The van der Waals surface area contributed by atoms with Crippen molar-refractivity contribution in [2.45, 2.75) is 181 Å². The number of aliphatic hydroxyl groups is 7. The number of carbonyl (C=O) groups excluding carboxylic acids is 1. The van der Waals surface area contributed by atoms with Gasteiger partial charge in [-0.15, -0.1) is 0 Å². The second-order valence-electron chi connectivity index (χ2n) is 26.4. The lowest BCUT2D eigenvalue weighted by atomic mass is 9.50. The van der Waals surface area contributed by atoms with Gasteiger partial charge in [0, 0.05) is 64.8 Å². The fourth-order valence-corrected chi connectivity index (χ4v) is 25.4. The maximum Gasteiger partial charge on any atom is 0.306 e. The summed E-state index contributed by atoms with van der Waals surface area (Å²) < 4.78 is 33.0. The van der Waals surface area contributed by atoms with E-state index in [4.69, 9.17) is 23.4 Å². The van der Waals surface area contributed by atoms with Gasteiger partial charge in [-0.05, 0) is 195 Å². The van der Waals surface area contributed by atoms with Crippen LogP contribution in [0, 0.1) is 58.7 Å². The zero-order chi connectivity index (χ0) is 57.0. The molecule has 20 heteroatoms. The standard InChI is InChI=1S/C61H93N3O13S4/c1-5-73-49(68)15-11-39-25-40-18-23-74-51(40)53-52(39)76-55-61(72)50-41(9-12-45(66)44(50)32-65)28-59(71,54(61)69)60(77-55)35-80-81-58-29-43(34-79-78-33-42(10-14-48(60)67)36(2)8-13-47(58)64-22-24-75-53)57(21-16-38(27-57)31-63-4)46(58)17-20-56(70)19-6-7-37(26-56)30-62-3/h9,12,18,23,25,36-38,41-48,50,54-55,62-67,69-72H,5-8,10-11,13-17,19-22,24,26-35H2,1-4H3. The van der Waals surface area contributed by atoms with Crippen LogP contribution in [0.25, 0.3) is 11.0 Å². The molecule has 20 unspecified atom stereocenters. The smallest absolute Gasteiger partial charge is 0.306 e. The quantitative estimate of drug-likeness (QED) is 0.0583. The van der Waals surface area contributed by atoms with Crippen molar-refractivity contribution >= 4 is 60.1 Å². The number of hydrogen-bond donors (Lipinski definition) is 10. The highest BCUT2D eigenvalue weighted by atomic mass is 33.1. The molecule has 7 fully saturated rings. The van der Waals surface area contributed by atoms with Crippen molar-refractivity contribution in [1.82, 2.24) is 16.0 Å². The first-order chi connectivity index (χ1) is 39.0. The second-order valence-corrected chi connectivity index (χ2v) is 31.6. The van der Waals surface area contributed by atoms with Crippen molar-refractivity contribution in [1.29, 1.82) is 0 Å². The lowest BCUT2D eigenvalue weighted by Gasteiger charge is -2.67. The first-order valence-corrected chi connectivity index (χ1v) is 35.6. The van der Waals surface area contributed by atoms with E-state index >= 15 is 0 Å². The number of hydrogen-bond acceptors (Lipinski definition) is 20. The van der Waals surface area contributed by atoms with E-state index < -0.39 is 82.1 Å². The van der Waals surface area contributed by atoms with Crippen LogP contribution >= 0.6 is 43.2 Å². The number of carbonyl (C=O) groups is 1. The summed E-state index contributed by atoms with van der Waals surface area (Å²) in [6.45, 7) is 6.22. The third-order valence-corrected chi connectivity index (χ3v) is 28.0. The number of benzene rings is 1. The summed E-state index contributed by atoms with van der Waals surface area (Å²) in [5.41, 5.74) is -6.72. The Kier molecular flexibility index (Phi) is 18.9. The summed E-state index contributed by atoms with van der Waals surface area (Å²) in [5, 5.41) is 102. The predicted molar refractivity (Wildman–Crippen MR) is 320 cm³/mol. The number of aryl methyl sites for hydroxylation is 1.